The number of methoxy groups -OCH3 is 1. The Morgan fingerprint density at radius 1 is 1.14 bits per heavy atom. The van der Waals surface area contributed by atoms with Gasteiger partial charge < -0.3 is 24.4 Å². The molecule has 0 bridgehead atoms. The molecule has 3 rings (SSSR count). The first-order chi connectivity index (χ1) is 16.5. The molecule has 1 unspecified atom stereocenters. The number of likely N-dealkylation sites (N-methyl/N-ethyl adjacent to an activating group) is 1. The monoisotopic (exact) mass is 501 g/mol. The number of nitrogens with zero attached hydrogens (tertiary/aromatic N) is 1. The van der Waals surface area contributed by atoms with Gasteiger partial charge in [0.25, 0.3) is 10.0 Å². The third kappa shape index (κ3) is 6.12. The SMILES string of the molecule is C=C(C)C(=C)S(=O)(=O)NC(=O)NC(Cc1cccc(OC)c1)C(=O)N(C)c1ccc2c(c1)OCO2. The quantitative estimate of drug-likeness (QED) is 0.507. The van der Waals surface area contributed by atoms with E-state index in [0.29, 0.717) is 28.5 Å². The average Bonchev–Trinajstić information content (AvgIpc) is 3.29. The number of urea groups is 1. The van der Waals surface area contributed by atoms with E-state index in [4.69, 9.17) is 14.2 Å². The minimum absolute atomic E-state index is 0.0693. The lowest BCUT2D eigenvalue weighted by molar-refractivity contribution is -0.120. The molecule has 0 spiro atoms. The predicted molar refractivity (Wildman–Crippen MR) is 131 cm³/mol. The second kappa shape index (κ2) is 10.5. The topological polar surface area (TPSA) is 123 Å². The van der Waals surface area contributed by atoms with Crippen molar-refractivity contribution >= 4 is 27.6 Å². The molecule has 0 saturated heterocycles. The van der Waals surface area contributed by atoms with Crippen molar-refractivity contribution < 1.29 is 32.2 Å². The first kappa shape index (κ1) is 25.6. The van der Waals surface area contributed by atoms with Crippen LogP contribution in [0, 0.1) is 0 Å². The molecule has 1 atom stereocenters. The van der Waals surface area contributed by atoms with E-state index in [1.807, 2.05) is 4.72 Å². The zero-order valence-corrected chi connectivity index (χ0v) is 20.5. The first-order valence-corrected chi connectivity index (χ1v) is 12.0. The van der Waals surface area contributed by atoms with E-state index in [1.54, 1.807) is 42.5 Å². The number of ether oxygens (including phenoxy) is 3. The van der Waals surface area contributed by atoms with Crippen LogP contribution in [0.15, 0.2) is 66.1 Å². The summed E-state index contributed by atoms with van der Waals surface area (Å²) in [6.45, 7) is 8.50. The van der Waals surface area contributed by atoms with E-state index in [0.717, 1.165) is 0 Å². The Labute approximate surface area is 204 Å². The van der Waals surface area contributed by atoms with Gasteiger partial charge in [-0.25, -0.2) is 17.9 Å². The molecule has 0 fully saturated rings. The highest BCUT2D eigenvalue weighted by Crippen LogP contribution is 2.35. The summed E-state index contributed by atoms with van der Waals surface area (Å²) in [7, 11) is -1.17. The molecule has 11 heteroatoms. The summed E-state index contributed by atoms with van der Waals surface area (Å²) in [5, 5.41) is 2.47. The maximum Gasteiger partial charge on any atom is 0.329 e. The lowest BCUT2D eigenvalue weighted by Gasteiger charge is -2.25. The standard InChI is InChI=1S/C24H27N3O7S/c1-15(2)16(3)35(30,31)26-24(29)25-20(12-17-7-6-8-19(11-17)32-5)23(28)27(4)18-9-10-21-22(13-18)34-14-33-21/h6-11,13,20H,1,3,12,14H2,2,4-5H3,(H2,25,26,29). The fraction of sp³-hybridized carbons (Fsp3) is 0.250. The largest absolute Gasteiger partial charge is 0.497 e. The minimum atomic E-state index is -4.22. The summed E-state index contributed by atoms with van der Waals surface area (Å²) < 4.78 is 42.5. The predicted octanol–water partition coefficient (Wildman–Crippen LogP) is 2.72. The fourth-order valence-corrected chi connectivity index (χ4v) is 4.18. The van der Waals surface area contributed by atoms with Crippen molar-refractivity contribution in [1.82, 2.24) is 10.0 Å². The highest BCUT2D eigenvalue weighted by atomic mass is 32.2. The van der Waals surface area contributed by atoms with Crippen LogP contribution in [0.3, 0.4) is 0 Å². The lowest BCUT2D eigenvalue weighted by atomic mass is 10.0. The molecule has 2 N–H and O–H groups in total. The van der Waals surface area contributed by atoms with Gasteiger partial charge in [0, 0.05) is 25.2 Å². The second-order valence-corrected chi connectivity index (χ2v) is 9.53. The smallest absolute Gasteiger partial charge is 0.329 e. The first-order valence-electron chi connectivity index (χ1n) is 10.5. The molecule has 10 nitrogen and oxygen atoms in total. The van der Waals surface area contributed by atoms with Gasteiger partial charge in [0.1, 0.15) is 11.8 Å². The summed E-state index contributed by atoms with van der Waals surface area (Å²) >= 11 is 0. The van der Waals surface area contributed by atoms with Crippen LogP contribution in [-0.2, 0) is 21.2 Å². The van der Waals surface area contributed by atoms with Crippen molar-refractivity contribution in [3.63, 3.8) is 0 Å². The maximum absolute atomic E-state index is 13.4. The van der Waals surface area contributed by atoms with Crippen molar-refractivity contribution in [3.05, 3.63) is 71.7 Å². The number of fused-ring (bicyclic) bond motifs is 1. The van der Waals surface area contributed by atoms with E-state index in [2.05, 4.69) is 18.5 Å². The zero-order valence-electron chi connectivity index (χ0n) is 19.7. The van der Waals surface area contributed by atoms with Gasteiger partial charge in [-0.3, -0.25) is 4.79 Å². The van der Waals surface area contributed by atoms with Crippen LogP contribution >= 0.6 is 0 Å². The molecule has 0 aromatic heterocycles. The Bertz CT molecular complexity index is 1270. The molecule has 3 amide bonds. The molecular weight excluding hydrogens is 474 g/mol. The number of sulfonamides is 1. The lowest BCUT2D eigenvalue weighted by Crippen LogP contribution is -2.52. The van der Waals surface area contributed by atoms with Crippen LogP contribution in [0.2, 0.25) is 0 Å². The number of amides is 3. The van der Waals surface area contributed by atoms with E-state index >= 15 is 0 Å². The zero-order chi connectivity index (χ0) is 25.8. The third-order valence-electron chi connectivity index (χ3n) is 5.28. The highest BCUT2D eigenvalue weighted by Gasteiger charge is 2.28. The minimum Gasteiger partial charge on any atom is -0.497 e. The number of nitrogens with one attached hydrogen (secondary N) is 2. The third-order valence-corrected chi connectivity index (χ3v) is 6.73. The summed E-state index contributed by atoms with van der Waals surface area (Å²) in [5.74, 6) is 1.13. The van der Waals surface area contributed by atoms with Crippen LogP contribution in [-0.4, -0.2) is 47.3 Å². The second-order valence-electron chi connectivity index (χ2n) is 7.83. The molecule has 0 radical (unpaired) electrons. The van der Waals surface area contributed by atoms with Gasteiger partial charge >= 0.3 is 6.03 Å². The Kier molecular flexibility index (Phi) is 7.70. The molecule has 1 heterocycles. The number of hydrogen-bond donors (Lipinski definition) is 2. The van der Waals surface area contributed by atoms with Crippen LogP contribution in [0.4, 0.5) is 10.5 Å². The van der Waals surface area contributed by atoms with Gasteiger partial charge in [0.05, 0.1) is 12.0 Å². The van der Waals surface area contributed by atoms with Crippen molar-refractivity contribution in [2.75, 3.05) is 25.9 Å². The van der Waals surface area contributed by atoms with Gasteiger partial charge in [-0.1, -0.05) is 25.3 Å². The molecule has 186 valence electrons. The Morgan fingerprint density at radius 2 is 1.86 bits per heavy atom. The normalized spacial score (nSPS) is 12.9. The molecule has 0 aliphatic carbocycles. The van der Waals surface area contributed by atoms with Gasteiger partial charge in [-0.2, -0.15) is 0 Å². The van der Waals surface area contributed by atoms with Gasteiger partial charge in [0.15, 0.2) is 11.5 Å². The number of carbonyl (C=O) groups excluding carboxylic acids is 2. The van der Waals surface area contributed by atoms with E-state index in [-0.39, 0.29) is 23.7 Å². The number of carbonyl (C=O) groups is 2. The Morgan fingerprint density at radius 3 is 2.54 bits per heavy atom. The van der Waals surface area contributed by atoms with Gasteiger partial charge in [-0.05, 0) is 42.3 Å². The van der Waals surface area contributed by atoms with E-state index in [9.17, 15) is 18.0 Å². The van der Waals surface area contributed by atoms with E-state index < -0.39 is 28.0 Å². The summed E-state index contributed by atoms with van der Waals surface area (Å²) in [5.41, 5.74) is 1.37. The molecule has 1 aliphatic rings. The number of anilines is 1. The Hall–Kier alpha value is -3.99. The average molecular weight is 502 g/mol. The fourth-order valence-electron chi connectivity index (χ4n) is 3.29. The summed E-state index contributed by atoms with van der Waals surface area (Å²) in [6.07, 6.45) is 0.0693. The molecule has 2 aromatic rings. The van der Waals surface area contributed by atoms with Crippen LogP contribution in [0.25, 0.3) is 0 Å². The molecule has 1 aliphatic heterocycles. The molecule has 35 heavy (non-hydrogen) atoms. The maximum atomic E-state index is 13.4. The number of allylic oxidation sites excluding steroid dienone is 1. The van der Waals surface area contributed by atoms with Crippen molar-refractivity contribution in [3.8, 4) is 17.2 Å². The summed E-state index contributed by atoms with van der Waals surface area (Å²) in [6, 6.07) is 9.78. The highest BCUT2D eigenvalue weighted by molar-refractivity contribution is 7.94. The number of benzene rings is 2. The number of hydrogen-bond acceptors (Lipinski definition) is 7. The number of rotatable bonds is 9. The summed E-state index contributed by atoms with van der Waals surface area (Å²) in [4.78, 5) is 27.1. The van der Waals surface area contributed by atoms with Crippen LogP contribution < -0.4 is 29.1 Å². The molecular formula is C24H27N3O7S. The van der Waals surface area contributed by atoms with Crippen molar-refractivity contribution in [1.29, 1.82) is 0 Å². The van der Waals surface area contributed by atoms with Crippen LogP contribution in [0.5, 0.6) is 17.2 Å². The van der Waals surface area contributed by atoms with E-state index in [1.165, 1.54) is 26.0 Å². The van der Waals surface area contributed by atoms with Crippen LogP contribution in [0.1, 0.15) is 12.5 Å². The van der Waals surface area contributed by atoms with Crippen molar-refractivity contribution in [2.45, 2.75) is 19.4 Å². The van der Waals surface area contributed by atoms with Gasteiger partial charge in [0.2, 0.25) is 12.7 Å². The van der Waals surface area contributed by atoms with Crippen molar-refractivity contribution in [2.24, 2.45) is 0 Å². The Balaban J connectivity index is 1.85. The van der Waals surface area contributed by atoms with Gasteiger partial charge in [-0.15, -0.1) is 0 Å². The molecule has 2 aromatic carbocycles. The molecule has 0 saturated carbocycles.